The quantitative estimate of drug-likeness (QED) is 0.649. The highest BCUT2D eigenvalue weighted by Crippen LogP contribution is 2.32. The van der Waals surface area contributed by atoms with E-state index in [4.69, 9.17) is 9.47 Å². The third-order valence-corrected chi connectivity index (χ3v) is 8.19. The lowest BCUT2D eigenvalue weighted by Crippen LogP contribution is -2.48. The number of sulfonamides is 1. The van der Waals surface area contributed by atoms with Crippen molar-refractivity contribution in [1.82, 2.24) is 14.5 Å². The Morgan fingerprint density at radius 2 is 1.68 bits per heavy atom. The zero-order chi connectivity index (χ0) is 22.4. The van der Waals surface area contributed by atoms with E-state index in [-0.39, 0.29) is 22.8 Å². The number of nitrogens with one attached hydrogen (secondary N) is 1. The lowest BCUT2D eigenvalue weighted by atomic mass is 9.96. The number of likely N-dealkylation sites (tertiary alicyclic amines) is 1. The molecular weight excluding hydrogens is 418 g/mol. The molecule has 2 aliphatic rings. The summed E-state index contributed by atoms with van der Waals surface area (Å²) in [6.45, 7) is 6.04. The van der Waals surface area contributed by atoms with Crippen LogP contribution in [0.3, 0.4) is 0 Å². The van der Waals surface area contributed by atoms with Crippen molar-refractivity contribution in [3.8, 4) is 11.5 Å². The molecule has 0 radical (unpaired) electrons. The van der Waals surface area contributed by atoms with Gasteiger partial charge in [0.25, 0.3) is 0 Å². The van der Waals surface area contributed by atoms with Crippen LogP contribution in [0.2, 0.25) is 0 Å². The highest BCUT2D eigenvalue weighted by molar-refractivity contribution is 7.89. The molecule has 3 rings (SSSR count). The van der Waals surface area contributed by atoms with E-state index in [1.54, 1.807) is 6.07 Å². The van der Waals surface area contributed by atoms with Crippen LogP contribution in [0.5, 0.6) is 11.5 Å². The van der Waals surface area contributed by atoms with Gasteiger partial charge in [-0.3, -0.25) is 4.79 Å². The van der Waals surface area contributed by atoms with E-state index in [9.17, 15) is 13.2 Å². The molecule has 174 valence electrons. The van der Waals surface area contributed by atoms with Crippen LogP contribution in [0.25, 0.3) is 0 Å². The molecule has 0 aromatic heterocycles. The van der Waals surface area contributed by atoms with Gasteiger partial charge in [-0.05, 0) is 50.8 Å². The number of rotatable bonds is 8. The molecule has 0 aliphatic carbocycles. The number of hydrogen-bond acceptors (Lipinski definition) is 6. The summed E-state index contributed by atoms with van der Waals surface area (Å²) >= 11 is 0. The van der Waals surface area contributed by atoms with Crippen molar-refractivity contribution in [2.24, 2.45) is 5.92 Å². The molecule has 0 spiro atoms. The Morgan fingerprint density at radius 1 is 1.03 bits per heavy atom. The number of carbonyl (C=O) groups excluding carboxylic acids is 1. The number of nitrogens with zero attached hydrogens (tertiary/aromatic N) is 2. The fraction of sp³-hybridized carbons (Fsp3) is 0.682. The van der Waals surface area contributed by atoms with Gasteiger partial charge in [0, 0.05) is 44.2 Å². The number of methoxy groups -OCH3 is 2. The summed E-state index contributed by atoms with van der Waals surface area (Å²) in [4.78, 5) is 15.3. The van der Waals surface area contributed by atoms with Crippen LogP contribution in [0.1, 0.15) is 39.0 Å². The van der Waals surface area contributed by atoms with Crippen LogP contribution in [0.15, 0.2) is 23.1 Å². The van der Waals surface area contributed by atoms with Crippen LogP contribution < -0.4 is 14.8 Å². The summed E-state index contributed by atoms with van der Waals surface area (Å²) in [5.41, 5.74) is 0. The second-order valence-electron chi connectivity index (χ2n) is 8.32. The van der Waals surface area contributed by atoms with Crippen molar-refractivity contribution in [3.05, 3.63) is 18.2 Å². The average molecular weight is 454 g/mol. The maximum absolute atomic E-state index is 13.1. The molecule has 1 N–H and O–H groups in total. The van der Waals surface area contributed by atoms with Gasteiger partial charge in [0.05, 0.1) is 19.1 Å². The number of benzene rings is 1. The molecule has 2 saturated heterocycles. The van der Waals surface area contributed by atoms with Crippen molar-refractivity contribution in [2.75, 3.05) is 46.9 Å². The van der Waals surface area contributed by atoms with E-state index in [0.717, 1.165) is 38.9 Å². The van der Waals surface area contributed by atoms with Crippen molar-refractivity contribution in [3.63, 3.8) is 0 Å². The van der Waals surface area contributed by atoms with E-state index in [0.29, 0.717) is 37.4 Å². The molecule has 0 unspecified atom stereocenters. The molecule has 2 fully saturated rings. The summed E-state index contributed by atoms with van der Waals surface area (Å²) in [5, 5.41) is 3.20. The van der Waals surface area contributed by atoms with E-state index >= 15 is 0 Å². The molecule has 1 aromatic rings. The van der Waals surface area contributed by atoms with Gasteiger partial charge >= 0.3 is 0 Å². The van der Waals surface area contributed by atoms with Crippen molar-refractivity contribution < 1.29 is 22.7 Å². The van der Waals surface area contributed by atoms with E-state index < -0.39 is 10.0 Å². The summed E-state index contributed by atoms with van der Waals surface area (Å²) in [7, 11) is -0.659. The van der Waals surface area contributed by atoms with Crippen LogP contribution in [0, 0.1) is 5.92 Å². The lowest BCUT2D eigenvalue weighted by molar-refractivity contribution is -0.127. The van der Waals surface area contributed by atoms with E-state index in [1.165, 1.54) is 30.7 Å². The van der Waals surface area contributed by atoms with E-state index in [2.05, 4.69) is 17.1 Å². The predicted molar refractivity (Wildman–Crippen MR) is 119 cm³/mol. The van der Waals surface area contributed by atoms with Gasteiger partial charge in [0.1, 0.15) is 0 Å². The van der Waals surface area contributed by atoms with Crippen LogP contribution in [-0.2, 0) is 14.8 Å². The zero-order valence-corrected chi connectivity index (χ0v) is 19.6. The van der Waals surface area contributed by atoms with Crippen LogP contribution in [-0.4, -0.2) is 76.5 Å². The molecule has 2 heterocycles. The molecule has 9 heteroatoms. The standard InChI is InChI=1S/C22H35N3O5S/c1-4-11-24-12-9-18(10-13-24)23-22(26)17-7-14-25(15-8-17)31(27,28)19-5-6-20(29-2)21(16-19)30-3/h5-6,16-18H,4,7-15H2,1-3H3,(H,23,26). The maximum atomic E-state index is 13.1. The fourth-order valence-corrected chi connectivity index (χ4v) is 5.91. The van der Waals surface area contributed by atoms with Gasteiger partial charge < -0.3 is 19.7 Å². The minimum absolute atomic E-state index is 0.0668. The zero-order valence-electron chi connectivity index (χ0n) is 18.8. The third kappa shape index (κ3) is 5.70. The summed E-state index contributed by atoms with van der Waals surface area (Å²) in [6, 6.07) is 4.84. The van der Waals surface area contributed by atoms with Gasteiger partial charge in [-0.25, -0.2) is 8.42 Å². The van der Waals surface area contributed by atoms with Crippen molar-refractivity contribution in [2.45, 2.75) is 50.0 Å². The normalized spacial score (nSPS) is 19.8. The largest absolute Gasteiger partial charge is 0.493 e. The second kappa shape index (κ2) is 10.7. The number of hydrogen-bond donors (Lipinski definition) is 1. The van der Waals surface area contributed by atoms with Gasteiger partial charge in [-0.15, -0.1) is 0 Å². The first-order chi connectivity index (χ1) is 14.9. The molecule has 0 atom stereocenters. The summed E-state index contributed by atoms with van der Waals surface area (Å²) in [5.74, 6) is 0.794. The monoisotopic (exact) mass is 453 g/mol. The van der Waals surface area contributed by atoms with Gasteiger partial charge in [-0.1, -0.05) is 6.92 Å². The van der Waals surface area contributed by atoms with Crippen LogP contribution in [0.4, 0.5) is 0 Å². The first-order valence-electron chi connectivity index (χ1n) is 11.1. The smallest absolute Gasteiger partial charge is 0.243 e. The molecule has 0 bridgehead atoms. The van der Waals surface area contributed by atoms with Crippen molar-refractivity contribution >= 4 is 15.9 Å². The molecule has 1 aromatic carbocycles. The van der Waals surface area contributed by atoms with Gasteiger partial charge in [0.15, 0.2) is 11.5 Å². The Balaban J connectivity index is 1.53. The minimum Gasteiger partial charge on any atom is -0.493 e. The van der Waals surface area contributed by atoms with E-state index in [1.807, 2.05) is 0 Å². The van der Waals surface area contributed by atoms with Gasteiger partial charge in [-0.2, -0.15) is 4.31 Å². The number of ether oxygens (including phenoxy) is 2. The Morgan fingerprint density at radius 3 is 2.26 bits per heavy atom. The topological polar surface area (TPSA) is 88.2 Å². The Hall–Kier alpha value is -1.84. The predicted octanol–water partition coefficient (Wildman–Crippen LogP) is 2.10. The Bertz CT molecular complexity index is 845. The molecule has 31 heavy (non-hydrogen) atoms. The maximum Gasteiger partial charge on any atom is 0.243 e. The molecule has 0 saturated carbocycles. The number of piperidine rings is 2. The first kappa shape index (κ1) is 23.8. The third-order valence-electron chi connectivity index (χ3n) is 6.29. The highest BCUT2D eigenvalue weighted by Gasteiger charge is 2.33. The molecular formula is C22H35N3O5S. The molecule has 2 aliphatic heterocycles. The second-order valence-corrected chi connectivity index (χ2v) is 10.3. The SMILES string of the molecule is CCCN1CCC(NC(=O)C2CCN(S(=O)(=O)c3ccc(OC)c(OC)c3)CC2)CC1. The summed E-state index contributed by atoms with van der Waals surface area (Å²) < 4.78 is 38.0. The lowest BCUT2D eigenvalue weighted by Gasteiger charge is -2.34. The average Bonchev–Trinajstić information content (AvgIpc) is 2.80. The first-order valence-corrected chi connectivity index (χ1v) is 12.6. The number of amides is 1. The Kier molecular flexibility index (Phi) is 8.18. The summed E-state index contributed by atoms with van der Waals surface area (Å²) in [6.07, 6.45) is 4.19. The fourth-order valence-electron chi connectivity index (χ4n) is 4.42. The molecule has 1 amide bonds. The molecule has 8 nitrogen and oxygen atoms in total. The van der Waals surface area contributed by atoms with Gasteiger partial charge in [0.2, 0.25) is 15.9 Å². The Labute approximate surface area is 185 Å². The van der Waals surface area contributed by atoms with Crippen molar-refractivity contribution in [1.29, 1.82) is 0 Å². The van der Waals surface area contributed by atoms with Crippen LogP contribution >= 0.6 is 0 Å². The minimum atomic E-state index is -3.65. The highest BCUT2D eigenvalue weighted by atomic mass is 32.2. The number of carbonyl (C=O) groups is 1.